The van der Waals surface area contributed by atoms with Gasteiger partial charge in [0.2, 0.25) is 5.91 Å². The molecule has 1 saturated heterocycles. The molecule has 0 bridgehead atoms. The summed E-state index contributed by atoms with van der Waals surface area (Å²) in [6, 6.07) is 17.4. The Kier molecular flexibility index (Phi) is 7.28. The number of amides is 1. The van der Waals surface area contributed by atoms with Crippen molar-refractivity contribution < 1.29 is 4.79 Å². The summed E-state index contributed by atoms with van der Waals surface area (Å²) in [6.45, 7) is 6.30. The summed E-state index contributed by atoms with van der Waals surface area (Å²) in [5, 5.41) is 3.49. The van der Waals surface area contributed by atoms with Gasteiger partial charge in [0.05, 0.1) is 36.4 Å². The molecule has 1 aliphatic heterocycles. The van der Waals surface area contributed by atoms with Crippen molar-refractivity contribution >= 4 is 5.91 Å². The van der Waals surface area contributed by atoms with Gasteiger partial charge in [-0.3, -0.25) is 4.79 Å². The van der Waals surface area contributed by atoms with Crippen molar-refractivity contribution in [3.63, 3.8) is 0 Å². The minimum atomic E-state index is 0.156. The zero-order chi connectivity index (χ0) is 24.9. The number of nitrogens with one attached hydrogen (secondary N) is 3. The van der Waals surface area contributed by atoms with Gasteiger partial charge in [0.1, 0.15) is 11.6 Å². The quantitative estimate of drug-likeness (QED) is 0.285. The predicted octanol–water partition coefficient (Wildman–Crippen LogP) is 5.71. The third-order valence-electron chi connectivity index (χ3n) is 6.83. The largest absolute Gasteiger partial charge is 0.341 e. The summed E-state index contributed by atoms with van der Waals surface area (Å²) >= 11 is 0. The molecule has 1 amide bonds. The van der Waals surface area contributed by atoms with Gasteiger partial charge in [-0.05, 0) is 48.1 Å². The second kappa shape index (κ2) is 10.9. The van der Waals surface area contributed by atoms with Crippen molar-refractivity contribution in [1.82, 2.24) is 30.2 Å². The Morgan fingerprint density at radius 2 is 1.50 bits per heavy atom. The molecule has 0 saturated carbocycles. The van der Waals surface area contributed by atoms with Crippen LogP contribution in [-0.2, 0) is 11.3 Å². The van der Waals surface area contributed by atoms with Crippen LogP contribution in [0.4, 0.5) is 0 Å². The Balaban J connectivity index is 1.25. The molecule has 3 N–H and O–H groups in total. The molecular weight excluding hydrogens is 448 g/mol. The van der Waals surface area contributed by atoms with Crippen LogP contribution in [0.3, 0.4) is 0 Å². The molecule has 7 nitrogen and oxygen atoms in total. The van der Waals surface area contributed by atoms with Crippen LogP contribution in [0.15, 0.2) is 60.9 Å². The summed E-state index contributed by atoms with van der Waals surface area (Å²) in [7, 11) is 0. The standard InChI is InChI=1S/C29H34N6O/c1-3-16-35(28(36)4-2)19-27-31-17-25(33-27)22-11-7-20(8-12-22)21-9-13-23(14-10-21)26-18-32-29(34-26)24-6-5-15-30-24/h7-14,17-18,24,30H,3-6,15-16,19H2,1-2H3,(H,31,33)(H,32,34)/t24-/m0/s1. The Bertz CT molecular complexity index is 1280. The van der Waals surface area contributed by atoms with E-state index in [2.05, 4.69) is 80.7 Å². The number of aromatic nitrogens is 4. The summed E-state index contributed by atoms with van der Waals surface area (Å²) in [6.07, 6.45) is 7.56. The number of nitrogens with zero attached hydrogens (tertiary/aromatic N) is 3. The number of hydrogen-bond donors (Lipinski definition) is 3. The Hall–Kier alpha value is -3.71. The molecule has 0 aliphatic carbocycles. The number of rotatable bonds is 9. The molecule has 1 aliphatic rings. The van der Waals surface area contributed by atoms with E-state index in [0.29, 0.717) is 19.0 Å². The topological polar surface area (TPSA) is 89.7 Å². The van der Waals surface area contributed by atoms with Crippen molar-refractivity contribution in [2.75, 3.05) is 13.1 Å². The number of H-pyrrole nitrogens is 2. The molecular formula is C29H34N6O. The van der Waals surface area contributed by atoms with E-state index in [1.807, 2.05) is 24.2 Å². The second-order valence-electron chi connectivity index (χ2n) is 9.40. The van der Waals surface area contributed by atoms with Crippen LogP contribution in [0.5, 0.6) is 0 Å². The SMILES string of the molecule is CCCN(Cc1ncc(-c2ccc(-c3ccc(-c4cnc([C@@H]5CCCN5)[nH]4)cc3)cc2)[nH]1)C(=O)CC. The Labute approximate surface area is 212 Å². The van der Waals surface area contributed by atoms with E-state index in [9.17, 15) is 4.79 Å². The molecule has 4 aromatic rings. The normalized spacial score (nSPS) is 15.3. The van der Waals surface area contributed by atoms with Gasteiger partial charge in [0.25, 0.3) is 0 Å². The number of aromatic amines is 2. The average Bonchev–Trinajstić information content (AvgIpc) is 3.70. The first-order valence-corrected chi connectivity index (χ1v) is 13.0. The lowest BCUT2D eigenvalue weighted by molar-refractivity contribution is -0.131. The number of hydrogen-bond acceptors (Lipinski definition) is 4. The Morgan fingerprint density at radius 3 is 2.08 bits per heavy atom. The van der Waals surface area contributed by atoms with E-state index < -0.39 is 0 Å². The molecule has 1 fully saturated rings. The maximum atomic E-state index is 12.2. The smallest absolute Gasteiger partial charge is 0.222 e. The lowest BCUT2D eigenvalue weighted by Crippen LogP contribution is -2.31. The Morgan fingerprint density at radius 1 is 0.889 bits per heavy atom. The first-order chi connectivity index (χ1) is 17.6. The number of imidazole rings is 2. The molecule has 0 unspecified atom stereocenters. The molecule has 0 radical (unpaired) electrons. The fraction of sp³-hybridized carbons (Fsp3) is 0.345. The number of carbonyl (C=O) groups excluding carboxylic acids is 1. The van der Waals surface area contributed by atoms with Gasteiger partial charge < -0.3 is 20.2 Å². The highest BCUT2D eigenvalue weighted by Crippen LogP contribution is 2.28. The first-order valence-electron chi connectivity index (χ1n) is 13.0. The van der Waals surface area contributed by atoms with Crippen LogP contribution in [-0.4, -0.2) is 43.8 Å². The van der Waals surface area contributed by atoms with Gasteiger partial charge in [0, 0.05) is 13.0 Å². The fourth-order valence-electron chi connectivity index (χ4n) is 4.82. The van der Waals surface area contributed by atoms with Crippen LogP contribution in [0.25, 0.3) is 33.6 Å². The summed E-state index contributed by atoms with van der Waals surface area (Å²) in [5.41, 5.74) is 6.54. The maximum absolute atomic E-state index is 12.2. The van der Waals surface area contributed by atoms with Gasteiger partial charge >= 0.3 is 0 Å². The summed E-state index contributed by atoms with van der Waals surface area (Å²) in [5.74, 6) is 1.99. The minimum absolute atomic E-state index is 0.156. The minimum Gasteiger partial charge on any atom is -0.341 e. The fourth-order valence-corrected chi connectivity index (χ4v) is 4.82. The van der Waals surface area contributed by atoms with Crippen molar-refractivity contribution in [1.29, 1.82) is 0 Å². The van der Waals surface area contributed by atoms with Crippen LogP contribution >= 0.6 is 0 Å². The zero-order valence-corrected chi connectivity index (χ0v) is 21.1. The number of carbonyl (C=O) groups is 1. The highest BCUT2D eigenvalue weighted by Gasteiger charge is 2.19. The van der Waals surface area contributed by atoms with E-state index >= 15 is 0 Å². The van der Waals surface area contributed by atoms with Crippen molar-refractivity contribution in [2.45, 2.75) is 52.1 Å². The van der Waals surface area contributed by atoms with Crippen LogP contribution in [0, 0.1) is 0 Å². The molecule has 36 heavy (non-hydrogen) atoms. The predicted molar refractivity (Wildman–Crippen MR) is 143 cm³/mol. The monoisotopic (exact) mass is 482 g/mol. The van der Waals surface area contributed by atoms with E-state index in [-0.39, 0.29) is 5.91 Å². The third kappa shape index (κ3) is 5.26. The molecule has 2 aromatic heterocycles. The van der Waals surface area contributed by atoms with Crippen LogP contribution in [0.1, 0.15) is 57.2 Å². The van der Waals surface area contributed by atoms with Crippen LogP contribution < -0.4 is 5.32 Å². The molecule has 2 aromatic carbocycles. The lowest BCUT2D eigenvalue weighted by Gasteiger charge is -2.20. The van der Waals surface area contributed by atoms with E-state index in [0.717, 1.165) is 65.7 Å². The lowest BCUT2D eigenvalue weighted by atomic mass is 10.0. The van der Waals surface area contributed by atoms with E-state index in [4.69, 9.17) is 0 Å². The zero-order valence-electron chi connectivity index (χ0n) is 21.1. The molecule has 0 spiro atoms. The maximum Gasteiger partial charge on any atom is 0.222 e. The molecule has 3 heterocycles. The highest BCUT2D eigenvalue weighted by atomic mass is 16.2. The average molecular weight is 483 g/mol. The molecule has 186 valence electrons. The van der Waals surface area contributed by atoms with Gasteiger partial charge in [-0.15, -0.1) is 0 Å². The van der Waals surface area contributed by atoms with Gasteiger partial charge in [-0.2, -0.15) is 0 Å². The molecule has 5 rings (SSSR count). The number of benzene rings is 2. The van der Waals surface area contributed by atoms with Gasteiger partial charge in [0.15, 0.2) is 0 Å². The molecule has 1 atom stereocenters. The van der Waals surface area contributed by atoms with Crippen molar-refractivity contribution in [2.24, 2.45) is 0 Å². The van der Waals surface area contributed by atoms with E-state index in [1.54, 1.807) is 0 Å². The molecule has 7 heteroatoms. The highest BCUT2D eigenvalue weighted by molar-refractivity contribution is 5.75. The van der Waals surface area contributed by atoms with Crippen LogP contribution in [0.2, 0.25) is 0 Å². The first kappa shape index (κ1) is 24.0. The summed E-state index contributed by atoms with van der Waals surface area (Å²) in [4.78, 5) is 30.0. The third-order valence-corrected chi connectivity index (χ3v) is 6.83. The summed E-state index contributed by atoms with van der Waals surface area (Å²) < 4.78 is 0. The van der Waals surface area contributed by atoms with Crippen molar-refractivity contribution in [3.8, 4) is 33.6 Å². The van der Waals surface area contributed by atoms with Gasteiger partial charge in [-0.25, -0.2) is 9.97 Å². The van der Waals surface area contributed by atoms with Crippen molar-refractivity contribution in [3.05, 3.63) is 72.6 Å². The van der Waals surface area contributed by atoms with Gasteiger partial charge in [-0.1, -0.05) is 62.4 Å². The van der Waals surface area contributed by atoms with E-state index in [1.165, 1.54) is 12.0 Å². The second-order valence-corrected chi connectivity index (χ2v) is 9.40.